The molecule has 6 rings (SSSR count). The van der Waals surface area contributed by atoms with Crippen molar-refractivity contribution in [3.63, 3.8) is 0 Å². The molecule has 1 atom stereocenters. The van der Waals surface area contributed by atoms with Crippen molar-refractivity contribution in [1.29, 1.82) is 0 Å². The van der Waals surface area contributed by atoms with E-state index in [9.17, 15) is 23.4 Å². The Morgan fingerprint density at radius 2 is 1.10 bits per heavy atom. The smallest absolute Gasteiger partial charge is 0.224 e. The zero-order valence-corrected chi connectivity index (χ0v) is 37.0. The third-order valence-electron chi connectivity index (χ3n) is 10.1. The number of ketones is 2. The second kappa shape index (κ2) is 23.0. The number of methoxy groups -OCH3 is 4. The number of likely N-dealkylation sites (tertiary alicyclic amines) is 2. The van der Waals surface area contributed by atoms with Gasteiger partial charge in [-0.1, -0.05) is 19.1 Å². The van der Waals surface area contributed by atoms with Crippen LogP contribution in [0.15, 0.2) is 53.9 Å². The summed E-state index contributed by atoms with van der Waals surface area (Å²) in [7, 11) is 4.54. The van der Waals surface area contributed by atoms with E-state index in [-0.39, 0.29) is 62.7 Å². The third kappa shape index (κ3) is 12.3. The van der Waals surface area contributed by atoms with Gasteiger partial charge in [0.1, 0.15) is 45.8 Å². The second-order valence-electron chi connectivity index (χ2n) is 14.1. The van der Waals surface area contributed by atoms with E-state index in [4.69, 9.17) is 36.1 Å². The Morgan fingerprint density at radius 3 is 1.47 bits per heavy atom. The number of benzene rings is 2. The molecule has 2 aromatic heterocycles. The van der Waals surface area contributed by atoms with Crippen LogP contribution in [0, 0.1) is 0 Å². The number of nitrogen functional groups attached to an aromatic ring is 2. The van der Waals surface area contributed by atoms with Crippen LogP contribution >= 0.6 is 0 Å². The fourth-order valence-electron chi connectivity index (χ4n) is 6.59. The first-order valence-corrected chi connectivity index (χ1v) is 21.2. The summed E-state index contributed by atoms with van der Waals surface area (Å²) >= 11 is 0. The summed E-state index contributed by atoms with van der Waals surface area (Å²) in [6.07, 6.45) is 6.19. The number of aromatic nitrogens is 4. The van der Waals surface area contributed by atoms with Crippen LogP contribution in [0.4, 0.5) is 17.6 Å². The van der Waals surface area contributed by atoms with Crippen LogP contribution in [-0.4, -0.2) is 130 Å². The van der Waals surface area contributed by atoms with Gasteiger partial charge in [0.2, 0.25) is 34.5 Å². The average molecular weight is 877 g/mol. The molecule has 0 spiro atoms. The topological polar surface area (TPSA) is 270 Å². The molecule has 7 N–H and O–H groups in total. The van der Waals surface area contributed by atoms with Gasteiger partial charge in [0.15, 0.2) is 0 Å². The molecule has 2 saturated heterocycles. The molecule has 19 nitrogen and oxygen atoms in total. The molecule has 0 aliphatic carbocycles. The molecule has 2 aromatic carbocycles. The number of hydrogen-bond acceptors (Lipinski definition) is 17. The summed E-state index contributed by atoms with van der Waals surface area (Å²) in [4.78, 5) is 68.2. The van der Waals surface area contributed by atoms with Gasteiger partial charge in [0.25, 0.3) is 0 Å². The molecule has 0 bridgehead atoms. The summed E-state index contributed by atoms with van der Waals surface area (Å²) in [6.45, 7) is 7.99. The molecule has 20 heteroatoms. The summed E-state index contributed by atoms with van der Waals surface area (Å²) in [5.74, 6) is 1.69. The number of nitrogens with two attached hydrogens (primary N) is 3. The van der Waals surface area contributed by atoms with Crippen LogP contribution in [0.2, 0.25) is 0 Å². The van der Waals surface area contributed by atoms with Gasteiger partial charge in [-0.25, -0.2) is 15.0 Å². The Morgan fingerprint density at radius 1 is 0.694 bits per heavy atom. The van der Waals surface area contributed by atoms with Crippen molar-refractivity contribution in [2.24, 2.45) is 5.73 Å². The van der Waals surface area contributed by atoms with E-state index in [1.807, 2.05) is 9.80 Å². The van der Waals surface area contributed by atoms with Crippen LogP contribution in [0.25, 0.3) is 0 Å². The Hall–Kier alpha value is -6.41. The number of nitrogens with zero attached hydrogens (tertiary/aromatic N) is 6. The molecule has 2 fully saturated rings. The van der Waals surface area contributed by atoms with Crippen LogP contribution in [-0.2, 0) is 20.4 Å². The van der Waals surface area contributed by atoms with E-state index in [2.05, 4.69) is 25.3 Å². The van der Waals surface area contributed by atoms with E-state index in [1.165, 1.54) is 40.8 Å². The van der Waals surface area contributed by atoms with Crippen molar-refractivity contribution in [2.75, 3.05) is 77.2 Å². The number of anilines is 3. The minimum absolute atomic E-state index is 0.0326. The summed E-state index contributed by atoms with van der Waals surface area (Å²) < 4.78 is 32.8. The monoisotopic (exact) mass is 876 g/mol. The molecule has 2 aliphatic heterocycles. The lowest BCUT2D eigenvalue weighted by Crippen LogP contribution is -2.41. The number of piperidine rings is 2. The van der Waals surface area contributed by atoms with Crippen LogP contribution < -0.4 is 41.5 Å². The SMILES string of the molecule is CC(=O)N1CCC(N)CC1.CCS(=O)c1ncc(C(=O)c2c(OC)cccc2OC)c(N)n1.COc1cccc(OC)c1C(=O)c1cnc(NC2CCN(C(C)=O)CC2)nc1N. The zero-order chi connectivity index (χ0) is 45.5. The Labute approximate surface area is 363 Å². The first kappa shape index (κ1) is 48.3. The van der Waals surface area contributed by atoms with Crippen LogP contribution in [0.3, 0.4) is 0 Å². The van der Waals surface area contributed by atoms with E-state index >= 15 is 0 Å². The number of amides is 2. The molecule has 2 amide bonds. The van der Waals surface area contributed by atoms with Gasteiger partial charge in [-0.15, -0.1) is 0 Å². The molecular formula is C42H56N10O9S. The number of hydrogen-bond donors (Lipinski definition) is 4. The van der Waals surface area contributed by atoms with E-state index < -0.39 is 16.6 Å². The molecule has 0 radical (unpaired) electrons. The quantitative estimate of drug-likeness (QED) is 0.118. The van der Waals surface area contributed by atoms with Crippen molar-refractivity contribution < 1.29 is 42.3 Å². The van der Waals surface area contributed by atoms with Crippen molar-refractivity contribution in [1.82, 2.24) is 29.7 Å². The van der Waals surface area contributed by atoms with Crippen molar-refractivity contribution in [3.05, 3.63) is 71.0 Å². The highest BCUT2D eigenvalue weighted by molar-refractivity contribution is 7.84. The van der Waals surface area contributed by atoms with Crippen LogP contribution in [0.5, 0.6) is 23.0 Å². The van der Waals surface area contributed by atoms with Crippen molar-refractivity contribution in [2.45, 2.75) is 63.7 Å². The minimum Gasteiger partial charge on any atom is -0.496 e. The first-order valence-electron chi connectivity index (χ1n) is 19.9. The Kier molecular flexibility index (Phi) is 17.9. The van der Waals surface area contributed by atoms with Gasteiger partial charge in [0, 0.05) is 70.3 Å². The number of rotatable bonds is 12. The summed E-state index contributed by atoms with van der Waals surface area (Å²) in [5.41, 5.74) is 18.3. The predicted octanol–water partition coefficient (Wildman–Crippen LogP) is 3.12. The minimum atomic E-state index is -1.34. The highest BCUT2D eigenvalue weighted by atomic mass is 32.2. The lowest BCUT2D eigenvalue weighted by atomic mass is 10.0. The molecule has 2 aliphatic rings. The van der Waals surface area contributed by atoms with E-state index in [1.54, 1.807) is 57.2 Å². The molecule has 4 heterocycles. The molecular weight excluding hydrogens is 821 g/mol. The standard InChI is InChI=1S/C20H25N5O4.C15H17N3O4S.C7H14N2O/c1-12(26)25-9-7-13(8-10-25)23-20-22-11-14(19(21)24-20)18(27)17-15(28-2)5-4-6-16(17)29-3;1-4-23(20)15-17-8-9(14(16)18-15)13(19)12-10(21-2)6-5-7-11(12)22-3;1-6(10)9-4-2-7(8)3-5-9/h4-6,11,13H,7-10H2,1-3H3,(H3,21,22,23,24);5-8H,4H2,1-3H3,(H2,16,17,18);7H,2-5,8H2,1H3. The Bertz CT molecular complexity index is 2180. The maximum absolute atomic E-state index is 13.0. The predicted molar refractivity (Wildman–Crippen MR) is 234 cm³/mol. The van der Waals surface area contributed by atoms with E-state index in [0.29, 0.717) is 53.8 Å². The zero-order valence-electron chi connectivity index (χ0n) is 36.1. The van der Waals surface area contributed by atoms with Gasteiger partial charge in [-0.3, -0.25) is 23.4 Å². The molecule has 62 heavy (non-hydrogen) atoms. The highest BCUT2D eigenvalue weighted by Crippen LogP contribution is 2.33. The maximum Gasteiger partial charge on any atom is 0.224 e. The summed E-state index contributed by atoms with van der Waals surface area (Å²) in [6, 6.07) is 10.5. The number of carbonyl (C=O) groups is 4. The maximum atomic E-state index is 13.0. The van der Waals surface area contributed by atoms with Gasteiger partial charge < -0.3 is 51.3 Å². The number of ether oxygens (including phenoxy) is 4. The fourth-order valence-corrected chi connectivity index (χ4v) is 7.21. The van der Waals surface area contributed by atoms with Gasteiger partial charge in [-0.2, -0.15) is 4.98 Å². The van der Waals surface area contributed by atoms with Crippen LogP contribution in [0.1, 0.15) is 78.3 Å². The third-order valence-corrected chi connectivity index (χ3v) is 11.3. The van der Waals surface area contributed by atoms with Gasteiger partial charge >= 0.3 is 0 Å². The van der Waals surface area contributed by atoms with Crippen molar-refractivity contribution in [3.8, 4) is 23.0 Å². The fraction of sp³-hybridized carbons (Fsp3) is 0.429. The lowest BCUT2D eigenvalue weighted by Gasteiger charge is -2.31. The van der Waals surface area contributed by atoms with Gasteiger partial charge in [-0.05, 0) is 49.9 Å². The largest absolute Gasteiger partial charge is 0.496 e. The average Bonchev–Trinajstić information content (AvgIpc) is 3.28. The summed E-state index contributed by atoms with van der Waals surface area (Å²) in [5, 5.41) is 3.34. The highest BCUT2D eigenvalue weighted by Gasteiger charge is 2.26. The Balaban J connectivity index is 0.000000227. The molecule has 0 saturated carbocycles. The number of carbonyl (C=O) groups excluding carboxylic acids is 4. The van der Waals surface area contributed by atoms with E-state index in [0.717, 1.165) is 38.8 Å². The second-order valence-corrected chi connectivity index (χ2v) is 15.7. The number of nitrogens with one attached hydrogen (secondary N) is 1. The van der Waals surface area contributed by atoms with Crippen molar-refractivity contribution >= 4 is 51.8 Å². The normalized spacial score (nSPS) is 14.5. The molecule has 4 aromatic rings. The lowest BCUT2D eigenvalue weighted by molar-refractivity contribution is -0.130. The molecule has 1 unspecified atom stereocenters. The van der Waals surface area contributed by atoms with Gasteiger partial charge in [0.05, 0.1) is 50.4 Å². The molecule has 334 valence electrons. The first-order chi connectivity index (χ1) is 29.7.